The van der Waals surface area contributed by atoms with Crippen molar-refractivity contribution in [3.05, 3.63) is 98.3 Å². The summed E-state index contributed by atoms with van der Waals surface area (Å²) in [4.78, 5) is 46.6. The fourth-order valence-electron chi connectivity index (χ4n) is 4.08. The van der Waals surface area contributed by atoms with Gasteiger partial charge in [0.15, 0.2) is 0 Å². The molecular weight excluding hydrogens is 504 g/mol. The van der Waals surface area contributed by atoms with E-state index >= 15 is 0 Å². The van der Waals surface area contributed by atoms with Gasteiger partial charge in [0.2, 0.25) is 0 Å². The van der Waals surface area contributed by atoms with Gasteiger partial charge in [-0.25, -0.2) is 19.9 Å². The highest BCUT2D eigenvalue weighted by molar-refractivity contribution is 7.19. The number of rotatable bonds is 8. The number of tetrazole rings is 1. The summed E-state index contributed by atoms with van der Waals surface area (Å²) in [7, 11) is 0. The fraction of sp³-hybridized carbons (Fsp3) is 0.192. The van der Waals surface area contributed by atoms with E-state index in [-0.39, 0.29) is 17.9 Å². The van der Waals surface area contributed by atoms with Crippen LogP contribution in [0.25, 0.3) is 15.8 Å². The third kappa shape index (κ3) is 5.34. The molecule has 11 nitrogen and oxygen atoms in total. The molecule has 0 atom stereocenters. The molecule has 0 saturated heterocycles. The van der Waals surface area contributed by atoms with Gasteiger partial charge in [0.1, 0.15) is 17.7 Å². The average molecular weight is 529 g/mol. The first-order valence-corrected chi connectivity index (χ1v) is 12.7. The summed E-state index contributed by atoms with van der Waals surface area (Å²) < 4.78 is 2.33. The summed E-state index contributed by atoms with van der Waals surface area (Å²) in [6.07, 6.45) is 1.88. The molecule has 5 aromatic rings. The molecule has 3 aromatic heterocycles. The molecular formula is C26H24N8O3S. The van der Waals surface area contributed by atoms with Crippen molar-refractivity contribution in [1.29, 1.82) is 0 Å². The predicted octanol–water partition coefficient (Wildman–Crippen LogP) is 2.69. The third-order valence-corrected chi connectivity index (χ3v) is 7.03. The number of carbonyl (C=O) groups is 2. The Bertz CT molecular complexity index is 1700. The molecule has 0 aliphatic rings. The topological polar surface area (TPSA) is 148 Å². The number of fused-ring (bicyclic) bond motifs is 1. The molecule has 0 aliphatic carbocycles. The number of thiophene rings is 1. The van der Waals surface area contributed by atoms with Crippen LogP contribution >= 0.6 is 11.3 Å². The molecule has 0 aliphatic heterocycles. The number of amides is 2. The van der Waals surface area contributed by atoms with Gasteiger partial charge >= 0.3 is 5.69 Å². The van der Waals surface area contributed by atoms with E-state index in [4.69, 9.17) is 0 Å². The molecule has 0 bridgehead atoms. The van der Waals surface area contributed by atoms with Gasteiger partial charge in [-0.05, 0) is 70.1 Å². The monoisotopic (exact) mass is 528 g/mol. The Morgan fingerprint density at radius 3 is 2.42 bits per heavy atom. The molecule has 3 N–H and O–H groups in total. The number of aromatic amines is 1. The van der Waals surface area contributed by atoms with Crippen molar-refractivity contribution in [3.8, 4) is 5.69 Å². The normalized spacial score (nSPS) is 11.0. The molecule has 2 aromatic carbocycles. The minimum absolute atomic E-state index is 0.0875. The average Bonchev–Trinajstić information content (AvgIpc) is 3.54. The molecule has 5 rings (SSSR count). The maximum Gasteiger partial charge on any atom is 0.365 e. The zero-order valence-electron chi connectivity index (χ0n) is 20.7. The largest absolute Gasteiger partial charge is 0.365 e. The number of aryl methyl sites for hydroxylation is 2. The number of hydrogen-bond donors (Lipinski definition) is 3. The van der Waals surface area contributed by atoms with Gasteiger partial charge in [-0.2, -0.15) is 4.68 Å². The van der Waals surface area contributed by atoms with Crippen molar-refractivity contribution < 1.29 is 9.59 Å². The van der Waals surface area contributed by atoms with E-state index in [0.29, 0.717) is 18.7 Å². The predicted molar refractivity (Wildman–Crippen MR) is 142 cm³/mol. The van der Waals surface area contributed by atoms with Crippen molar-refractivity contribution in [2.45, 2.75) is 33.4 Å². The first-order valence-electron chi connectivity index (χ1n) is 11.9. The van der Waals surface area contributed by atoms with Crippen LogP contribution in [0.4, 0.5) is 0 Å². The Labute approximate surface area is 220 Å². The van der Waals surface area contributed by atoms with Crippen LogP contribution in [0.2, 0.25) is 0 Å². The van der Waals surface area contributed by atoms with Crippen LogP contribution in [0.1, 0.15) is 49.5 Å². The molecule has 0 unspecified atom stereocenters. The van der Waals surface area contributed by atoms with E-state index in [1.54, 1.807) is 17.4 Å². The molecule has 3 heterocycles. The van der Waals surface area contributed by atoms with Crippen LogP contribution in [0, 0.1) is 6.92 Å². The van der Waals surface area contributed by atoms with Gasteiger partial charge < -0.3 is 10.6 Å². The lowest BCUT2D eigenvalue weighted by Crippen LogP contribution is -2.27. The fourth-order valence-corrected chi connectivity index (χ4v) is 5.06. The van der Waals surface area contributed by atoms with Gasteiger partial charge in [-0.1, -0.05) is 25.1 Å². The number of benzene rings is 2. The smallest absolute Gasteiger partial charge is 0.347 e. The minimum Gasteiger partial charge on any atom is -0.347 e. The summed E-state index contributed by atoms with van der Waals surface area (Å²) in [5.41, 5.74) is 3.13. The highest BCUT2D eigenvalue weighted by atomic mass is 32.1. The van der Waals surface area contributed by atoms with E-state index in [9.17, 15) is 14.4 Å². The number of H-pyrrole nitrogens is 1. The summed E-state index contributed by atoms with van der Waals surface area (Å²) >= 11 is 1.71. The summed E-state index contributed by atoms with van der Waals surface area (Å²) in [5, 5.41) is 16.4. The Morgan fingerprint density at radius 2 is 1.71 bits per heavy atom. The number of carbonyl (C=O) groups excluding carboxylic acids is 2. The number of nitrogens with one attached hydrogen (secondary N) is 3. The third-order valence-electron chi connectivity index (χ3n) is 6.02. The van der Waals surface area contributed by atoms with Gasteiger partial charge in [0.25, 0.3) is 11.8 Å². The van der Waals surface area contributed by atoms with Crippen LogP contribution < -0.4 is 16.3 Å². The Morgan fingerprint density at radius 1 is 0.947 bits per heavy atom. The maximum atomic E-state index is 12.8. The second-order valence-electron chi connectivity index (χ2n) is 8.61. The van der Waals surface area contributed by atoms with E-state index < -0.39 is 17.5 Å². The van der Waals surface area contributed by atoms with E-state index in [1.165, 1.54) is 27.4 Å². The quantitative estimate of drug-likeness (QED) is 0.280. The second kappa shape index (κ2) is 10.7. The van der Waals surface area contributed by atoms with Crippen molar-refractivity contribution >= 4 is 33.2 Å². The van der Waals surface area contributed by atoms with E-state index in [2.05, 4.69) is 55.2 Å². The van der Waals surface area contributed by atoms with E-state index in [0.717, 1.165) is 21.4 Å². The number of nitrogens with zero attached hydrogens (tertiary/aromatic N) is 5. The Hall–Kier alpha value is -4.71. The van der Waals surface area contributed by atoms with Crippen molar-refractivity contribution in [1.82, 2.24) is 40.8 Å². The summed E-state index contributed by atoms with van der Waals surface area (Å²) in [5.74, 6) is -0.824. The highest BCUT2D eigenvalue weighted by Crippen LogP contribution is 2.25. The molecule has 2 amide bonds. The molecule has 38 heavy (non-hydrogen) atoms. The van der Waals surface area contributed by atoms with Gasteiger partial charge in [-0.3, -0.25) is 9.59 Å². The second-order valence-corrected chi connectivity index (χ2v) is 9.90. The van der Waals surface area contributed by atoms with Crippen molar-refractivity contribution in [2.24, 2.45) is 0 Å². The molecule has 12 heteroatoms. The molecule has 0 saturated carbocycles. The van der Waals surface area contributed by atoms with Crippen molar-refractivity contribution in [3.63, 3.8) is 0 Å². The van der Waals surface area contributed by atoms with Crippen LogP contribution in [-0.2, 0) is 19.5 Å². The lowest BCUT2D eigenvalue weighted by Gasteiger charge is -2.11. The van der Waals surface area contributed by atoms with Crippen LogP contribution in [-0.4, -0.2) is 42.0 Å². The lowest BCUT2D eigenvalue weighted by molar-refractivity contribution is 0.0944. The van der Waals surface area contributed by atoms with Gasteiger partial charge in [0, 0.05) is 28.7 Å². The molecule has 192 valence electrons. The standard InChI is InChI=1S/C26H24N8O3S/c1-3-17-10-20(34-26(37)31-32-33-34)7-6-19(17)13-28-25(36)22-11-21(29-14-30-22)24(35)27-12-16-4-5-18-8-15(2)38-23(18)9-16/h4-11,14H,3,12-13H2,1-2H3,(H,27,35)(H,28,36)(H,31,33,37). The summed E-state index contributed by atoms with van der Waals surface area (Å²) in [6.45, 7) is 4.63. The van der Waals surface area contributed by atoms with Crippen LogP contribution in [0.15, 0.2) is 59.7 Å². The van der Waals surface area contributed by atoms with Gasteiger partial charge in [0.05, 0.1) is 5.69 Å². The summed E-state index contributed by atoms with van der Waals surface area (Å²) in [6, 6.07) is 15.0. The molecule has 0 spiro atoms. The molecule has 0 radical (unpaired) electrons. The first-order chi connectivity index (χ1) is 18.4. The van der Waals surface area contributed by atoms with Crippen LogP contribution in [0.5, 0.6) is 0 Å². The first kappa shape index (κ1) is 25.0. The highest BCUT2D eigenvalue weighted by Gasteiger charge is 2.14. The van der Waals surface area contributed by atoms with Crippen LogP contribution in [0.3, 0.4) is 0 Å². The van der Waals surface area contributed by atoms with Gasteiger partial charge in [-0.15, -0.1) is 11.3 Å². The lowest BCUT2D eigenvalue weighted by atomic mass is 10.0. The minimum atomic E-state index is -0.435. The zero-order chi connectivity index (χ0) is 26.6. The van der Waals surface area contributed by atoms with Crippen molar-refractivity contribution in [2.75, 3.05) is 0 Å². The zero-order valence-corrected chi connectivity index (χ0v) is 21.5. The maximum absolute atomic E-state index is 12.8. The molecule has 0 fully saturated rings. The Balaban J connectivity index is 1.22. The number of hydrogen-bond acceptors (Lipinski definition) is 8. The number of aromatic nitrogens is 6. The van der Waals surface area contributed by atoms with E-state index in [1.807, 2.05) is 31.2 Å². The Kier molecular flexibility index (Phi) is 7.05. The SMILES string of the molecule is CCc1cc(-n2nn[nH]c2=O)ccc1CNC(=O)c1cc(C(=O)NCc2ccc3cc(C)sc3c2)ncn1.